The molecule has 2 N–H and O–H groups in total. The van der Waals surface area contributed by atoms with Gasteiger partial charge >= 0.3 is 6.03 Å². The van der Waals surface area contributed by atoms with Crippen molar-refractivity contribution in [2.75, 3.05) is 19.8 Å². The van der Waals surface area contributed by atoms with Gasteiger partial charge in [-0.2, -0.15) is 0 Å². The van der Waals surface area contributed by atoms with Gasteiger partial charge in [-0.25, -0.2) is 9.69 Å². The van der Waals surface area contributed by atoms with Crippen LogP contribution in [0.3, 0.4) is 0 Å². The normalized spacial score (nSPS) is 20.1. The molecule has 0 saturated carbocycles. The van der Waals surface area contributed by atoms with E-state index < -0.39 is 5.54 Å². The van der Waals surface area contributed by atoms with Crippen molar-refractivity contribution in [3.8, 4) is 0 Å². The van der Waals surface area contributed by atoms with Gasteiger partial charge < -0.3 is 10.2 Å². The minimum Gasteiger partial charge on any atom is -0.315 e. The summed E-state index contributed by atoms with van der Waals surface area (Å²) >= 11 is 0. The van der Waals surface area contributed by atoms with Crippen LogP contribution < -0.4 is 10.2 Å². The summed E-state index contributed by atoms with van der Waals surface area (Å²) in [6, 6.07) is 29.1. The average Bonchev–Trinajstić information content (AvgIpc) is 3.12. The smallest absolute Gasteiger partial charge is 0.315 e. The number of imide groups is 1. The molecule has 0 radical (unpaired) electrons. The second-order valence-electron chi connectivity index (χ2n) is 8.35. The first kappa shape index (κ1) is 20.2. The number of benzene rings is 3. The van der Waals surface area contributed by atoms with Crippen LogP contribution in [0.4, 0.5) is 4.79 Å². The van der Waals surface area contributed by atoms with Gasteiger partial charge in [-0.15, -0.1) is 0 Å². The lowest BCUT2D eigenvalue weighted by atomic mass is 9.83. The Labute approximate surface area is 188 Å². The predicted molar refractivity (Wildman–Crippen MR) is 124 cm³/mol. The van der Waals surface area contributed by atoms with Crippen LogP contribution >= 0.6 is 0 Å². The van der Waals surface area contributed by atoms with Gasteiger partial charge in [-0.3, -0.25) is 4.79 Å². The van der Waals surface area contributed by atoms with Crippen molar-refractivity contribution < 1.29 is 14.5 Å². The lowest BCUT2D eigenvalue weighted by Gasteiger charge is -2.29. The van der Waals surface area contributed by atoms with Gasteiger partial charge in [0.1, 0.15) is 0 Å². The Morgan fingerprint density at radius 1 is 0.812 bits per heavy atom. The standard InChI is InChI=1S/C27H25N3O2/c31-25-27(23-12-6-2-7-13-23,24-14-8-3-9-15-24)28-26(32)30(25)20-29-18-16-22(17-19-29)21-10-4-1-5-11-21/h1-16H,17-20H2,(H,28,32)/p+1. The largest absolute Gasteiger partial charge is 0.330 e. The first-order chi connectivity index (χ1) is 15.7. The van der Waals surface area contributed by atoms with Crippen molar-refractivity contribution in [3.63, 3.8) is 0 Å². The Hall–Kier alpha value is -3.70. The second kappa shape index (κ2) is 8.44. The summed E-state index contributed by atoms with van der Waals surface area (Å²) in [6.45, 7) is 2.01. The van der Waals surface area contributed by atoms with Gasteiger partial charge in [-0.05, 0) is 28.3 Å². The molecule has 32 heavy (non-hydrogen) atoms. The molecule has 0 spiro atoms. The third-order valence-corrected chi connectivity index (χ3v) is 6.43. The first-order valence-electron chi connectivity index (χ1n) is 11.0. The summed E-state index contributed by atoms with van der Waals surface area (Å²) in [7, 11) is 0. The monoisotopic (exact) mass is 424 g/mol. The van der Waals surface area contributed by atoms with Crippen molar-refractivity contribution in [1.29, 1.82) is 0 Å². The molecule has 1 atom stereocenters. The van der Waals surface area contributed by atoms with E-state index in [9.17, 15) is 9.59 Å². The first-order valence-corrected chi connectivity index (χ1v) is 11.0. The van der Waals surface area contributed by atoms with Crippen LogP contribution in [0.1, 0.15) is 23.1 Å². The molecule has 3 amide bonds. The highest BCUT2D eigenvalue weighted by Gasteiger charge is 2.54. The van der Waals surface area contributed by atoms with E-state index in [4.69, 9.17) is 0 Å². The lowest BCUT2D eigenvalue weighted by molar-refractivity contribution is -0.902. The molecule has 3 aromatic carbocycles. The third-order valence-electron chi connectivity index (χ3n) is 6.43. The van der Waals surface area contributed by atoms with E-state index in [0.29, 0.717) is 6.67 Å². The highest BCUT2D eigenvalue weighted by atomic mass is 16.2. The zero-order valence-electron chi connectivity index (χ0n) is 17.8. The Morgan fingerprint density at radius 2 is 1.38 bits per heavy atom. The number of nitrogens with zero attached hydrogens (tertiary/aromatic N) is 1. The summed E-state index contributed by atoms with van der Waals surface area (Å²) < 4.78 is 0. The number of nitrogens with one attached hydrogen (secondary N) is 2. The van der Waals surface area contributed by atoms with Crippen molar-refractivity contribution in [2.24, 2.45) is 0 Å². The fraction of sp³-hybridized carbons (Fsp3) is 0.185. The molecule has 0 bridgehead atoms. The van der Waals surface area contributed by atoms with Gasteiger partial charge in [0.15, 0.2) is 12.2 Å². The maximum absolute atomic E-state index is 13.8. The maximum atomic E-state index is 13.8. The Balaban J connectivity index is 1.40. The lowest BCUT2D eigenvalue weighted by Crippen LogP contribution is -3.14. The average molecular weight is 425 g/mol. The topological polar surface area (TPSA) is 53.9 Å². The van der Waals surface area contributed by atoms with E-state index in [0.717, 1.165) is 30.6 Å². The number of urea groups is 1. The molecule has 160 valence electrons. The van der Waals surface area contributed by atoms with Crippen molar-refractivity contribution in [1.82, 2.24) is 10.2 Å². The van der Waals surface area contributed by atoms with Gasteiger partial charge in [0.2, 0.25) is 0 Å². The van der Waals surface area contributed by atoms with E-state index >= 15 is 0 Å². The molecule has 1 unspecified atom stereocenters. The van der Waals surface area contributed by atoms with Crippen LogP contribution in [0, 0.1) is 0 Å². The predicted octanol–water partition coefficient (Wildman–Crippen LogP) is 2.81. The van der Waals surface area contributed by atoms with Crippen LogP contribution in [0.2, 0.25) is 0 Å². The number of rotatable bonds is 5. The highest BCUT2D eigenvalue weighted by Crippen LogP contribution is 2.35. The van der Waals surface area contributed by atoms with Crippen molar-refractivity contribution in [3.05, 3.63) is 114 Å². The molecular formula is C27H26N3O2+. The number of carbonyl (C=O) groups excluding carboxylic acids is 2. The summed E-state index contributed by atoms with van der Waals surface area (Å²) in [5, 5.41) is 3.03. The molecule has 0 aromatic heterocycles. The molecule has 2 aliphatic heterocycles. The number of amides is 3. The highest BCUT2D eigenvalue weighted by molar-refractivity contribution is 6.09. The number of hydrogen-bond donors (Lipinski definition) is 2. The summed E-state index contributed by atoms with van der Waals surface area (Å²) in [5.74, 6) is -0.217. The summed E-state index contributed by atoms with van der Waals surface area (Å²) in [5.41, 5.74) is 2.92. The number of hydrogen-bond acceptors (Lipinski definition) is 2. The number of carbonyl (C=O) groups is 2. The minimum absolute atomic E-state index is 0.217. The van der Waals surface area contributed by atoms with Crippen molar-refractivity contribution in [2.45, 2.75) is 12.0 Å². The van der Waals surface area contributed by atoms with E-state index in [1.54, 1.807) is 0 Å². The van der Waals surface area contributed by atoms with E-state index in [1.807, 2.05) is 66.7 Å². The van der Waals surface area contributed by atoms with Crippen LogP contribution in [0.15, 0.2) is 97.1 Å². The fourth-order valence-electron chi connectivity index (χ4n) is 4.72. The Kier molecular flexibility index (Phi) is 5.33. The third kappa shape index (κ3) is 3.51. The molecule has 5 heteroatoms. The maximum Gasteiger partial charge on any atom is 0.330 e. The number of quaternary nitrogens is 1. The van der Waals surface area contributed by atoms with Crippen LogP contribution in [-0.2, 0) is 10.3 Å². The molecule has 0 aliphatic carbocycles. The van der Waals surface area contributed by atoms with Gasteiger partial charge in [0.25, 0.3) is 5.91 Å². The summed E-state index contributed by atoms with van der Waals surface area (Å²) in [4.78, 5) is 29.5. The summed E-state index contributed by atoms with van der Waals surface area (Å²) in [6.07, 6.45) is 3.15. The van der Waals surface area contributed by atoms with Crippen LogP contribution in [-0.4, -0.2) is 36.6 Å². The Bertz CT molecular complexity index is 1100. The molecule has 1 saturated heterocycles. The van der Waals surface area contributed by atoms with Gasteiger partial charge in [0.05, 0.1) is 13.1 Å². The van der Waals surface area contributed by atoms with Crippen LogP contribution in [0.25, 0.3) is 5.57 Å². The van der Waals surface area contributed by atoms with Crippen molar-refractivity contribution >= 4 is 17.5 Å². The van der Waals surface area contributed by atoms with Gasteiger partial charge in [-0.1, -0.05) is 91.0 Å². The molecule has 5 nitrogen and oxygen atoms in total. The molecular weight excluding hydrogens is 398 g/mol. The Morgan fingerprint density at radius 3 is 1.91 bits per heavy atom. The van der Waals surface area contributed by atoms with E-state index in [-0.39, 0.29) is 11.9 Å². The van der Waals surface area contributed by atoms with Crippen LogP contribution in [0.5, 0.6) is 0 Å². The van der Waals surface area contributed by atoms with Gasteiger partial charge in [0, 0.05) is 6.42 Å². The quantitative estimate of drug-likeness (QED) is 0.619. The van der Waals surface area contributed by atoms with E-state index in [1.165, 1.54) is 20.9 Å². The molecule has 3 aromatic rings. The SMILES string of the molecule is O=C1NC(c2ccccc2)(c2ccccc2)C(=O)N1C[NH+]1CC=C(c2ccccc2)CC1. The molecule has 2 heterocycles. The minimum atomic E-state index is -1.19. The zero-order chi connectivity index (χ0) is 22.0. The zero-order valence-corrected chi connectivity index (χ0v) is 17.8. The fourth-order valence-corrected chi connectivity index (χ4v) is 4.72. The molecule has 2 aliphatic rings. The van der Waals surface area contributed by atoms with E-state index in [2.05, 4.69) is 35.7 Å². The molecule has 5 rings (SSSR count). The molecule has 1 fully saturated rings. The second-order valence-corrected chi connectivity index (χ2v) is 8.35.